The molecule has 0 radical (unpaired) electrons. The van der Waals surface area contributed by atoms with Gasteiger partial charge in [-0.05, 0) is 72.4 Å². The highest BCUT2D eigenvalue weighted by Gasteiger charge is 2.14. The summed E-state index contributed by atoms with van der Waals surface area (Å²) in [6.07, 6.45) is 1.35. The minimum atomic E-state index is -2.33. The predicted octanol–water partition coefficient (Wildman–Crippen LogP) is 8.13. The van der Waals surface area contributed by atoms with Crippen LogP contribution in [-0.4, -0.2) is 9.55 Å². The molecule has 0 aliphatic heterocycles. The third kappa shape index (κ3) is 3.32. The summed E-state index contributed by atoms with van der Waals surface area (Å²) in [7, 11) is 0. The van der Waals surface area contributed by atoms with E-state index in [1.54, 1.807) is 18.2 Å². The highest BCUT2D eigenvalue weighted by molar-refractivity contribution is 6.10. The SMILES string of the molecule is [2H]C([2H])([2H])c1ccc(-c2ccc(C([2H])([2H])[2H])c(-c3ccc4c5ccccc5n(-c5ccccc5)c4c3)c2)nc1. The largest absolute Gasteiger partial charge is 0.309 e. The number of hydrogen-bond donors (Lipinski definition) is 0. The van der Waals surface area contributed by atoms with E-state index < -0.39 is 13.7 Å². The summed E-state index contributed by atoms with van der Waals surface area (Å²) in [4.78, 5) is 4.37. The van der Waals surface area contributed by atoms with E-state index in [-0.39, 0.29) is 11.1 Å². The van der Waals surface area contributed by atoms with Crippen molar-refractivity contribution < 1.29 is 8.22 Å². The summed E-state index contributed by atoms with van der Waals surface area (Å²) in [5.74, 6) is 0. The Morgan fingerprint density at radius 2 is 1.48 bits per heavy atom. The third-order valence-electron chi connectivity index (χ3n) is 6.08. The molecule has 2 aromatic heterocycles. The smallest absolute Gasteiger partial charge is 0.0702 e. The summed E-state index contributed by atoms with van der Waals surface area (Å²) in [6, 6.07) is 32.7. The molecule has 4 aromatic carbocycles. The lowest BCUT2D eigenvalue weighted by Crippen LogP contribution is -1.93. The zero-order chi connectivity index (χ0) is 27.4. The zero-order valence-electron chi connectivity index (χ0n) is 23.8. The fourth-order valence-corrected chi connectivity index (χ4v) is 4.50. The van der Waals surface area contributed by atoms with E-state index in [9.17, 15) is 0 Å². The molecule has 0 atom stereocenters. The molecule has 0 unspecified atom stereocenters. The van der Waals surface area contributed by atoms with E-state index in [0.29, 0.717) is 16.8 Å². The Morgan fingerprint density at radius 3 is 2.30 bits per heavy atom. The lowest BCUT2D eigenvalue weighted by Gasteiger charge is -2.12. The third-order valence-corrected chi connectivity index (χ3v) is 6.08. The molecule has 0 saturated heterocycles. The van der Waals surface area contributed by atoms with Crippen LogP contribution in [0.15, 0.2) is 109 Å². The molecule has 2 heteroatoms. The van der Waals surface area contributed by atoms with Crippen LogP contribution in [-0.2, 0) is 0 Å². The minimum Gasteiger partial charge on any atom is -0.309 e. The van der Waals surface area contributed by atoms with E-state index in [1.807, 2.05) is 54.6 Å². The second-order valence-corrected chi connectivity index (χ2v) is 8.11. The monoisotopic (exact) mass is 430 g/mol. The van der Waals surface area contributed by atoms with Crippen LogP contribution < -0.4 is 0 Å². The lowest BCUT2D eigenvalue weighted by atomic mass is 9.96. The van der Waals surface area contributed by atoms with Gasteiger partial charge in [-0.1, -0.05) is 66.7 Å². The molecule has 0 spiro atoms. The maximum atomic E-state index is 8.21. The number of para-hydroxylation sites is 2. The predicted molar refractivity (Wildman–Crippen MR) is 139 cm³/mol. The number of hydrogen-bond acceptors (Lipinski definition) is 1. The van der Waals surface area contributed by atoms with Gasteiger partial charge in [-0.15, -0.1) is 0 Å². The van der Waals surface area contributed by atoms with Crippen molar-refractivity contribution in [2.75, 3.05) is 0 Å². The van der Waals surface area contributed by atoms with Crippen molar-refractivity contribution in [1.29, 1.82) is 0 Å². The number of aromatic nitrogens is 2. The quantitative estimate of drug-likeness (QED) is 0.277. The van der Waals surface area contributed by atoms with Crippen LogP contribution >= 0.6 is 0 Å². The molecule has 6 aromatic rings. The van der Waals surface area contributed by atoms with Crippen LogP contribution in [0.5, 0.6) is 0 Å². The number of rotatable bonds is 3. The molecule has 0 fully saturated rings. The first-order valence-electron chi connectivity index (χ1n) is 13.8. The Balaban J connectivity index is 1.57. The van der Waals surface area contributed by atoms with Crippen LogP contribution in [0.25, 0.3) is 49.9 Å². The van der Waals surface area contributed by atoms with Crippen molar-refractivity contribution in [2.24, 2.45) is 0 Å². The molecule has 6 rings (SSSR count). The van der Waals surface area contributed by atoms with Gasteiger partial charge in [0.2, 0.25) is 0 Å². The summed E-state index contributed by atoms with van der Waals surface area (Å²) in [5.41, 5.74) is 6.09. The molecule has 158 valence electrons. The van der Waals surface area contributed by atoms with Crippen molar-refractivity contribution in [1.82, 2.24) is 9.55 Å². The summed E-state index contributed by atoms with van der Waals surface area (Å²) >= 11 is 0. The molecule has 2 nitrogen and oxygen atoms in total. The van der Waals surface area contributed by atoms with Gasteiger partial charge in [-0.3, -0.25) is 4.98 Å². The molecule has 0 aliphatic rings. The molecule has 0 aliphatic carbocycles. The standard InChI is InChI=1S/C31H24N2/c1-21-12-17-29(32-20-21)24-14-13-22(2)28(18-24)23-15-16-27-26-10-6-7-11-30(26)33(31(27)19-23)25-8-4-3-5-9-25/h3-20H,1-2H3/i1D3,2D3. The first kappa shape index (κ1) is 14.1. The molecule has 0 bridgehead atoms. The van der Waals surface area contributed by atoms with Gasteiger partial charge in [0, 0.05) is 36.4 Å². The number of aryl methyl sites for hydroxylation is 2. The molecular weight excluding hydrogens is 400 g/mol. The fraction of sp³-hybridized carbons (Fsp3) is 0.0645. The number of fused-ring (bicyclic) bond motifs is 3. The summed E-state index contributed by atoms with van der Waals surface area (Å²) < 4.78 is 49.7. The number of pyridine rings is 1. The average Bonchev–Trinajstić information content (AvgIpc) is 3.26. The number of nitrogens with zero attached hydrogens (tertiary/aromatic N) is 2. The zero-order valence-corrected chi connectivity index (χ0v) is 17.8. The first-order valence-corrected chi connectivity index (χ1v) is 10.8. The van der Waals surface area contributed by atoms with Crippen molar-refractivity contribution in [2.45, 2.75) is 13.7 Å². The Kier molecular flexibility index (Phi) is 3.31. The highest BCUT2D eigenvalue weighted by atomic mass is 15.0. The second kappa shape index (κ2) is 7.75. The summed E-state index contributed by atoms with van der Waals surface area (Å²) in [5, 5.41) is 2.19. The molecule has 0 amide bonds. The van der Waals surface area contributed by atoms with Crippen molar-refractivity contribution in [3.05, 3.63) is 120 Å². The highest BCUT2D eigenvalue weighted by Crippen LogP contribution is 2.36. The normalized spacial score (nSPS) is 14.8. The van der Waals surface area contributed by atoms with Gasteiger partial charge in [0.05, 0.1) is 16.7 Å². The van der Waals surface area contributed by atoms with Gasteiger partial charge >= 0.3 is 0 Å². The lowest BCUT2D eigenvalue weighted by molar-refractivity contribution is 1.18. The maximum absolute atomic E-state index is 8.21. The van der Waals surface area contributed by atoms with Gasteiger partial charge in [0.25, 0.3) is 0 Å². The van der Waals surface area contributed by atoms with Gasteiger partial charge < -0.3 is 4.57 Å². The van der Waals surface area contributed by atoms with Crippen LogP contribution in [0, 0.1) is 13.7 Å². The Labute approximate surface area is 202 Å². The second-order valence-electron chi connectivity index (χ2n) is 8.11. The Hall–Kier alpha value is -4.17. The molecule has 2 heterocycles. The molecule has 33 heavy (non-hydrogen) atoms. The topological polar surface area (TPSA) is 17.8 Å². The first-order chi connectivity index (χ1) is 18.6. The van der Waals surface area contributed by atoms with Crippen LogP contribution in [0.4, 0.5) is 0 Å². The van der Waals surface area contributed by atoms with E-state index in [4.69, 9.17) is 8.22 Å². The molecule has 0 saturated carbocycles. The van der Waals surface area contributed by atoms with E-state index in [1.165, 1.54) is 12.3 Å². The van der Waals surface area contributed by atoms with Gasteiger partial charge in [0.1, 0.15) is 0 Å². The van der Waals surface area contributed by atoms with Crippen LogP contribution in [0.3, 0.4) is 0 Å². The average molecular weight is 431 g/mol. The van der Waals surface area contributed by atoms with Crippen LogP contribution in [0.2, 0.25) is 0 Å². The van der Waals surface area contributed by atoms with Gasteiger partial charge in [-0.2, -0.15) is 0 Å². The maximum Gasteiger partial charge on any atom is 0.0702 e. The van der Waals surface area contributed by atoms with Gasteiger partial charge in [0.15, 0.2) is 0 Å². The number of benzene rings is 4. The Morgan fingerprint density at radius 1 is 0.667 bits per heavy atom. The van der Waals surface area contributed by atoms with Crippen LogP contribution in [0.1, 0.15) is 19.4 Å². The Bertz CT molecular complexity index is 1820. The van der Waals surface area contributed by atoms with Crippen molar-refractivity contribution in [3.63, 3.8) is 0 Å². The molecular formula is C31H24N2. The van der Waals surface area contributed by atoms with E-state index >= 15 is 0 Å². The fourth-order valence-electron chi connectivity index (χ4n) is 4.50. The van der Waals surface area contributed by atoms with Gasteiger partial charge in [-0.25, -0.2) is 0 Å². The van der Waals surface area contributed by atoms with Crippen molar-refractivity contribution >= 4 is 21.8 Å². The minimum absolute atomic E-state index is 0.157. The summed E-state index contributed by atoms with van der Waals surface area (Å²) in [6.45, 7) is -4.57. The van der Waals surface area contributed by atoms with Crippen molar-refractivity contribution in [3.8, 4) is 28.1 Å². The van der Waals surface area contributed by atoms with E-state index in [2.05, 4.69) is 33.8 Å². The molecule has 0 N–H and O–H groups in total. The van der Waals surface area contributed by atoms with E-state index in [0.717, 1.165) is 33.1 Å².